The smallest absolute Gasteiger partial charge is 0.303 e. The number of carbonyl (C=O) groups is 1. The molecule has 0 aliphatic heterocycles. The van der Waals surface area contributed by atoms with Crippen molar-refractivity contribution in [1.82, 2.24) is 4.57 Å². The summed E-state index contributed by atoms with van der Waals surface area (Å²) in [5.74, 6) is 0.00201. The summed E-state index contributed by atoms with van der Waals surface area (Å²) in [5.41, 5.74) is 4.19. The highest BCUT2D eigenvalue weighted by atomic mass is 16.5. The summed E-state index contributed by atoms with van der Waals surface area (Å²) >= 11 is 0. The molecule has 0 saturated heterocycles. The zero-order chi connectivity index (χ0) is 14.7. The lowest BCUT2D eigenvalue weighted by Gasteiger charge is -2.15. The second-order valence-corrected chi connectivity index (χ2v) is 4.85. The molecule has 4 nitrogen and oxygen atoms in total. The third-order valence-corrected chi connectivity index (χ3v) is 3.38. The van der Waals surface area contributed by atoms with Crippen LogP contribution in [-0.4, -0.2) is 22.8 Å². The normalized spacial score (nSPS) is 10.6. The highest BCUT2D eigenvalue weighted by Crippen LogP contribution is 2.27. The molecule has 0 atom stereocenters. The van der Waals surface area contributed by atoms with Crippen LogP contribution in [0.5, 0.6) is 5.75 Å². The lowest BCUT2D eigenvalue weighted by atomic mass is 10.1. The van der Waals surface area contributed by atoms with Gasteiger partial charge in [0.25, 0.3) is 0 Å². The fraction of sp³-hybridized carbons (Fsp3) is 0.312. The summed E-state index contributed by atoms with van der Waals surface area (Å²) in [7, 11) is 1.64. The Hall–Kier alpha value is -2.23. The molecule has 0 bridgehead atoms. The number of aromatic nitrogens is 1. The molecule has 2 rings (SSSR count). The van der Waals surface area contributed by atoms with Crippen LogP contribution in [0.2, 0.25) is 0 Å². The molecule has 0 aliphatic rings. The second-order valence-electron chi connectivity index (χ2n) is 4.85. The minimum atomic E-state index is -0.782. The van der Waals surface area contributed by atoms with E-state index in [9.17, 15) is 4.79 Å². The Morgan fingerprint density at radius 2 is 1.85 bits per heavy atom. The predicted molar refractivity (Wildman–Crippen MR) is 77.8 cm³/mol. The zero-order valence-electron chi connectivity index (χ0n) is 12.0. The summed E-state index contributed by atoms with van der Waals surface area (Å²) in [6, 6.07) is 9.92. The fourth-order valence-corrected chi connectivity index (χ4v) is 2.37. The lowest BCUT2D eigenvalue weighted by molar-refractivity contribution is -0.136. The van der Waals surface area contributed by atoms with Gasteiger partial charge in [0.15, 0.2) is 0 Å². The van der Waals surface area contributed by atoms with Crippen molar-refractivity contribution in [3.05, 3.63) is 47.3 Å². The van der Waals surface area contributed by atoms with E-state index in [0.717, 1.165) is 28.4 Å². The molecule has 0 fully saturated rings. The quantitative estimate of drug-likeness (QED) is 0.910. The first kappa shape index (κ1) is 14.2. The Morgan fingerprint density at radius 1 is 1.20 bits per heavy atom. The van der Waals surface area contributed by atoms with Crippen molar-refractivity contribution in [3.8, 4) is 11.4 Å². The standard InChI is InChI=1S/C16H19NO3/c1-11-4-5-12(2)17(11)14-10-13(7-9-16(18)19)6-8-15(14)20-3/h4-6,8,10H,7,9H2,1-3H3,(H,18,19). The lowest BCUT2D eigenvalue weighted by Crippen LogP contribution is -2.04. The largest absolute Gasteiger partial charge is 0.495 e. The van der Waals surface area contributed by atoms with Crippen LogP contribution < -0.4 is 4.74 Å². The second kappa shape index (κ2) is 5.82. The topological polar surface area (TPSA) is 51.5 Å². The van der Waals surface area contributed by atoms with Crippen LogP contribution in [0.1, 0.15) is 23.4 Å². The number of carboxylic acids is 1. The van der Waals surface area contributed by atoms with Crippen LogP contribution in [0.25, 0.3) is 5.69 Å². The average Bonchev–Trinajstić information content (AvgIpc) is 2.75. The molecule has 2 aromatic rings. The minimum Gasteiger partial charge on any atom is -0.495 e. The summed E-state index contributed by atoms with van der Waals surface area (Å²) in [6.07, 6.45) is 0.654. The van der Waals surface area contributed by atoms with Gasteiger partial charge < -0.3 is 14.4 Å². The van der Waals surface area contributed by atoms with Crippen molar-refractivity contribution >= 4 is 5.97 Å². The number of rotatable bonds is 5. The van der Waals surface area contributed by atoms with E-state index < -0.39 is 5.97 Å². The number of ether oxygens (including phenoxy) is 1. The van der Waals surface area contributed by atoms with E-state index in [-0.39, 0.29) is 6.42 Å². The molecule has 0 saturated carbocycles. The molecule has 4 heteroatoms. The first-order valence-corrected chi connectivity index (χ1v) is 6.57. The molecule has 1 aromatic carbocycles. The predicted octanol–water partition coefficient (Wildman–Crippen LogP) is 3.12. The maximum atomic E-state index is 10.7. The maximum absolute atomic E-state index is 10.7. The molecule has 1 heterocycles. The maximum Gasteiger partial charge on any atom is 0.303 e. The van der Waals surface area contributed by atoms with E-state index in [1.54, 1.807) is 7.11 Å². The summed E-state index contributed by atoms with van der Waals surface area (Å²) in [6.45, 7) is 4.08. The molecule has 1 N–H and O–H groups in total. The Morgan fingerprint density at radius 3 is 2.40 bits per heavy atom. The SMILES string of the molecule is COc1ccc(CCC(=O)O)cc1-n1c(C)ccc1C. The van der Waals surface area contributed by atoms with Crippen LogP contribution >= 0.6 is 0 Å². The van der Waals surface area contributed by atoms with Crippen LogP contribution in [0.3, 0.4) is 0 Å². The molecular weight excluding hydrogens is 254 g/mol. The van der Waals surface area contributed by atoms with Gasteiger partial charge in [0, 0.05) is 17.8 Å². The van der Waals surface area contributed by atoms with Gasteiger partial charge in [-0.25, -0.2) is 0 Å². The Kier molecular flexibility index (Phi) is 4.13. The van der Waals surface area contributed by atoms with Crippen molar-refractivity contribution in [2.24, 2.45) is 0 Å². The van der Waals surface area contributed by atoms with Crippen LogP contribution in [0.4, 0.5) is 0 Å². The highest BCUT2D eigenvalue weighted by molar-refractivity contribution is 5.67. The van der Waals surface area contributed by atoms with E-state index in [0.29, 0.717) is 6.42 Å². The van der Waals surface area contributed by atoms with Crippen molar-refractivity contribution in [2.75, 3.05) is 7.11 Å². The zero-order valence-corrected chi connectivity index (χ0v) is 12.0. The number of hydrogen-bond acceptors (Lipinski definition) is 2. The highest BCUT2D eigenvalue weighted by Gasteiger charge is 2.11. The van der Waals surface area contributed by atoms with Gasteiger partial charge in [-0.1, -0.05) is 6.07 Å². The first-order chi connectivity index (χ1) is 9.52. The Labute approximate surface area is 118 Å². The Balaban J connectivity index is 2.44. The van der Waals surface area contributed by atoms with Gasteiger partial charge in [-0.2, -0.15) is 0 Å². The van der Waals surface area contributed by atoms with E-state index in [1.165, 1.54) is 0 Å². The van der Waals surface area contributed by atoms with E-state index in [1.807, 2.05) is 32.0 Å². The van der Waals surface area contributed by atoms with Gasteiger partial charge in [-0.3, -0.25) is 4.79 Å². The molecule has 1 aromatic heterocycles. The van der Waals surface area contributed by atoms with Crippen molar-refractivity contribution in [2.45, 2.75) is 26.7 Å². The van der Waals surface area contributed by atoms with E-state index in [4.69, 9.17) is 9.84 Å². The molecule has 20 heavy (non-hydrogen) atoms. The van der Waals surface area contributed by atoms with Gasteiger partial charge in [-0.15, -0.1) is 0 Å². The number of benzene rings is 1. The first-order valence-electron chi connectivity index (χ1n) is 6.57. The van der Waals surface area contributed by atoms with Gasteiger partial charge in [-0.05, 0) is 50.1 Å². The number of aliphatic carboxylic acids is 1. The van der Waals surface area contributed by atoms with Crippen LogP contribution in [0.15, 0.2) is 30.3 Å². The number of carboxylic acid groups (broad SMARTS) is 1. The number of hydrogen-bond donors (Lipinski definition) is 1. The molecule has 0 amide bonds. The van der Waals surface area contributed by atoms with Crippen molar-refractivity contribution in [1.29, 1.82) is 0 Å². The van der Waals surface area contributed by atoms with E-state index >= 15 is 0 Å². The van der Waals surface area contributed by atoms with Gasteiger partial charge in [0.1, 0.15) is 5.75 Å². The summed E-state index contributed by atoms with van der Waals surface area (Å²) in [5, 5.41) is 8.79. The summed E-state index contributed by atoms with van der Waals surface area (Å²) < 4.78 is 7.54. The third-order valence-electron chi connectivity index (χ3n) is 3.38. The number of aryl methyl sites for hydroxylation is 3. The number of methoxy groups -OCH3 is 1. The number of nitrogens with zero attached hydrogens (tertiary/aromatic N) is 1. The molecule has 0 aliphatic carbocycles. The minimum absolute atomic E-state index is 0.134. The molecule has 0 radical (unpaired) electrons. The van der Waals surface area contributed by atoms with Crippen molar-refractivity contribution < 1.29 is 14.6 Å². The van der Waals surface area contributed by atoms with Gasteiger partial charge in [0.2, 0.25) is 0 Å². The van der Waals surface area contributed by atoms with Gasteiger partial charge >= 0.3 is 5.97 Å². The van der Waals surface area contributed by atoms with E-state index in [2.05, 4.69) is 16.7 Å². The average molecular weight is 273 g/mol. The molecule has 0 spiro atoms. The van der Waals surface area contributed by atoms with Gasteiger partial charge in [0.05, 0.1) is 12.8 Å². The van der Waals surface area contributed by atoms with Crippen molar-refractivity contribution in [3.63, 3.8) is 0 Å². The third kappa shape index (κ3) is 2.85. The Bertz CT molecular complexity index is 609. The van der Waals surface area contributed by atoms with Crippen LogP contribution in [-0.2, 0) is 11.2 Å². The monoisotopic (exact) mass is 273 g/mol. The van der Waals surface area contributed by atoms with Crippen LogP contribution in [0, 0.1) is 13.8 Å². The molecule has 0 unspecified atom stereocenters. The molecule has 106 valence electrons. The fourth-order valence-electron chi connectivity index (χ4n) is 2.37. The summed E-state index contributed by atoms with van der Waals surface area (Å²) in [4.78, 5) is 10.7. The molecular formula is C16H19NO3.